The Kier molecular flexibility index (Phi) is 4.10. The Bertz CT molecular complexity index is 799. The first-order valence-corrected chi connectivity index (χ1v) is 6.14. The molecule has 0 atom stereocenters. The van der Waals surface area contributed by atoms with Crippen LogP contribution in [0.15, 0.2) is 39.7 Å². The number of aliphatic hydroxyl groups is 2. The SMILES string of the molecule is CC#Cc1cn(C2=C=CC(CO)(CO)O2)c(=O)ccc1=O. The quantitative estimate of drug-likeness (QED) is 0.566. The summed E-state index contributed by atoms with van der Waals surface area (Å²) in [7, 11) is 0. The second-order valence-corrected chi connectivity index (χ2v) is 4.40. The van der Waals surface area contributed by atoms with Gasteiger partial charge in [0.05, 0.1) is 18.8 Å². The lowest BCUT2D eigenvalue weighted by atomic mass is 10.1. The van der Waals surface area contributed by atoms with Crippen molar-refractivity contribution in [2.24, 2.45) is 0 Å². The molecule has 0 aliphatic carbocycles. The highest BCUT2D eigenvalue weighted by atomic mass is 16.5. The van der Waals surface area contributed by atoms with E-state index in [1.165, 1.54) is 12.3 Å². The molecule has 2 rings (SSSR count). The van der Waals surface area contributed by atoms with Crippen LogP contribution >= 0.6 is 0 Å². The van der Waals surface area contributed by atoms with Gasteiger partial charge in [-0.3, -0.25) is 9.59 Å². The molecule has 0 fully saturated rings. The molecule has 1 aromatic rings. The smallest absolute Gasteiger partial charge is 0.258 e. The lowest BCUT2D eigenvalue weighted by molar-refractivity contribution is -0.0156. The van der Waals surface area contributed by atoms with E-state index in [0.29, 0.717) is 0 Å². The predicted octanol–water partition coefficient (Wildman–Crippen LogP) is -0.713. The van der Waals surface area contributed by atoms with Gasteiger partial charge in [0.15, 0.2) is 11.0 Å². The van der Waals surface area contributed by atoms with Crippen molar-refractivity contribution < 1.29 is 14.9 Å². The molecule has 21 heavy (non-hydrogen) atoms. The number of nitrogens with zero attached hydrogens (tertiary/aromatic N) is 1. The maximum Gasteiger partial charge on any atom is 0.258 e. The van der Waals surface area contributed by atoms with Crippen molar-refractivity contribution in [2.45, 2.75) is 12.5 Å². The number of aromatic nitrogens is 1. The van der Waals surface area contributed by atoms with Crippen LogP contribution in [-0.4, -0.2) is 33.6 Å². The lowest BCUT2D eigenvalue weighted by Crippen LogP contribution is -2.37. The van der Waals surface area contributed by atoms with Crippen LogP contribution in [-0.2, 0) is 4.74 Å². The average Bonchev–Trinajstić information content (AvgIpc) is 2.87. The van der Waals surface area contributed by atoms with E-state index >= 15 is 0 Å². The van der Waals surface area contributed by atoms with Gasteiger partial charge in [-0.25, -0.2) is 4.57 Å². The zero-order valence-corrected chi connectivity index (χ0v) is 11.3. The Labute approximate surface area is 120 Å². The van der Waals surface area contributed by atoms with Crippen molar-refractivity contribution in [1.82, 2.24) is 4.57 Å². The van der Waals surface area contributed by atoms with Gasteiger partial charge < -0.3 is 14.9 Å². The Hall–Kier alpha value is -2.58. The third-order valence-electron chi connectivity index (χ3n) is 2.91. The molecule has 0 bridgehead atoms. The van der Waals surface area contributed by atoms with Crippen LogP contribution in [0.5, 0.6) is 0 Å². The first kappa shape index (κ1) is 14.8. The van der Waals surface area contributed by atoms with E-state index in [0.717, 1.165) is 16.7 Å². The van der Waals surface area contributed by atoms with Gasteiger partial charge in [0.2, 0.25) is 5.88 Å². The number of hydrogen-bond donors (Lipinski definition) is 2. The summed E-state index contributed by atoms with van der Waals surface area (Å²) in [6.07, 6.45) is 2.59. The molecule has 0 spiro atoms. The molecule has 0 saturated heterocycles. The fourth-order valence-electron chi connectivity index (χ4n) is 1.73. The molecular formula is C15H13NO5. The Morgan fingerprint density at radius 1 is 1.33 bits per heavy atom. The van der Waals surface area contributed by atoms with Gasteiger partial charge in [0.1, 0.15) is 0 Å². The summed E-state index contributed by atoms with van der Waals surface area (Å²) in [6.45, 7) is 0.632. The second-order valence-electron chi connectivity index (χ2n) is 4.40. The number of aliphatic hydroxyl groups excluding tert-OH is 2. The van der Waals surface area contributed by atoms with Crippen molar-refractivity contribution in [1.29, 1.82) is 0 Å². The molecule has 1 aromatic heterocycles. The molecular weight excluding hydrogens is 274 g/mol. The molecule has 6 nitrogen and oxygen atoms in total. The van der Waals surface area contributed by atoms with Gasteiger partial charge in [0.25, 0.3) is 5.56 Å². The topological polar surface area (TPSA) is 88.8 Å². The highest BCUT2D eigenvalue weighted by molar-refractivity contribution is 5.44. The van der Waals surface area contributed by atoms with E-state index in [-0.39, 0.29) is 11.4 Å². The molecule has 0 aromatic carbocycles. The molecule has 0 saturated carbocycles. The molecule has 0 amide bonds. The van der Waals surface area contributed by atoms with Gasteiger partial charge in [-0.2, -0.15) is 0 Å². The van der Waals surface area contributed by atoms with E-state index in [2.05, 4.69) is 17.6 Å². The van der Waals surface area contributed by atoms with Crippen LogP contribution in [0.2, 0.25) is 0 Å². The van der Waals surface area contributed by atoms with Crippen molar-refractivity contribution in [3.63, 3.8) is 0 Å². The summed E-state index contributed by atoms with van der Waals surface area (Å²) in [5.41, 5.74) is 0.574. The van der Waals surface area contributed by atoms with Crippen molar-refractivity contribution in [3.05, 3.63) is 56.3 Å². The van der Waals surface area contributed by atoms with E-state index in [9.17, 15) is 19.8 Å². The Morgan fingerprint density at radius 3 is 2.62 bits per heavy atom. The standard InChI is InChI=1S/C15H13NO5/c1-2-3-11-8-16(13(20)5-4-12(11)19)14-6-7-15(9-17,10-18)21-14/h4-5,7-8,17-18H,9-10H2,1H3. The molecule has 0 radical (unpaired) electrons. The number of hydrogen-bond acceptors (Lipinski definition) is 5. The zero-order valence-electron chi connectivity index (χ0n) is 11.3. The number of rotatable bonds is 3. The molecule has 2 N–H and O–H groups in total. The molecule has 1 aliphatic rings. The van der Waals surface area contributed by atoms with Gasteiger partial charge in [-0.1, -0.05) is 11.7 Å². The third kappa shape index (κ3) is 2.81. The monoisotopic (exact) mass is 287 g/mol. The molecule has 108 valence electrons. The minimum absolute atomic E-state index is 0.0159. The van der Waals surface area contributed by atoms with Gasteiger partial charge in [-0.15, -0.1) is 5.92 Å². The van der Waals surface area contributed by atoms with Crippen LogP contribution in [0.1, 0.15) is 12.5 Å². The van der Waals surface area contributed by atoms with E-state index in [4.69, 9.17) is 4.74 Å². The minimum atomic E-state index is -1.32. The Morgan fingerprint density at radius 2 is 2.05 bits per heavy atom. The Balaban J connectivity index is 2.57. The van der Waals surface area contributed by atoms with Crippen LogP contribution in [0.4, 0.5) is 0 Å². The van der Waals surface area contributed by atoms with Crippen molar-refractivity contribution in [2.75, 3.05) is 13.2 Å². The van der Waals surface area contributed by atoms with Crippen LogP contribution < -0.4 is 11.0 Å². The summed E-state index contributed by atoms with van der Waals surface area (Å²) in [5.74, 6) is 5.18. The highest BCUT2D eigenvalue weighted by Gasteiger charge is 2.33. The zero-order chi connectivity index (χ0) is 15.5. The molecule has 2 heterocycles. The largest absolute Gasteiger partial charge is 0.456 e. The normalized spacial score (nSPS) is 14.9. The van der Waals surface area contributed by atoms with E-state index in [1.54, 1.807) is 6.92 Å². The lowest BCUT2D eigenvalue weighted by Gasteiger charge is -2.23. The average molecular weight is 287 g/mol. The number of ether oxygens (including phenoxy) is 1. The second kappa shape index (κ2) is 5.81. The van der Waals surface area contributed by atoms with Gasteiger partial charge in [0, 0.05) is 18.3 Å². The van der Waals surface area contributed by atoms with Crippen LogP contribution in [0, 0.1) is 11.8 Å². The predicted molar refractivity (Wildman–Crippen MR) is 75.3 cm³/mol. The fourth-order valence-corrected chi connectivity index (χ4v) is 1.73. The first-order valence-electron chi connectivity index (χ1n) is 6.14. The van der Waals surface area contributed by atoms with Gasteiger partial charge >= 0.3 is 0 Å². The minimum Gasteiger partial charge on any atom is -0.456 e. The maximum atomic E-state index is 12.0. The molecule has 6 heteroatoms. The van der Waals surface area contributed by atoms with Crippen molar-refractivity contribution >= 4 is 5.88 Å². The maximum absolute atomic E-state index is 12.0. The van der Waals surface area contributed by atoms with Gasteiger partial charge in [-0.05, 0) is 13.0 Å². The summed E-state index contributed by atoms with van der Waals surface area (Å²) in [4.78, 5) is 23.8. The highest BCUT2D eigenvalue weighted by Crippen LogP contribution is 2.23. The van der Waals surface area contributed by atoms with E-state index in [1.807, 2.05) is 0 Å². The summed E-state index contributed by atoms with van der Waals surface area (Å²) >= 11 is 0. The molecule has 1 aliphatic heterocycles. The summed E-state index contributed by atoms with van der Waals surface area (Å²) in [5, 5.41) is 18.5. The van der Waals surface area contributed by atoms with Crippen LogP contribution in [0.25, 0.3) is 5.88 Å². The summed E-state index contributed by atoms with van der Waals surface area (Å²) < 4.78 is 6.45. The fraction of sp³-hybridized carbons (Fsp3) is 0.267. The summed E-state index contributed by atoms with van der Waals surface area (Å²) in [6, 6.07) is 2.22. The third-order valence-corrected chi connectivity index (χ3v) is 2.91. The van der Waals surface area contributed by atoms with Crippen LogP contribution in [0.3, 0.4) is 0 Å². The molecule has 0 unspecified atom stereocenters. The van der Waals surface area contributed by atoms with Crippen molar-refractivity contribution in [3.8, 4) is 11.8 Å². The first-order chi connectivity index (χ1) is 10.0. The van der Waals surface area contributed by atoms with E-state index < -0.39 is 29.8 Å².